The molecule has 0 aliphatic heterocycles. The van der Waals surface area contributed by atoms with Crippen LogP contribution in [0.15, 0.2) is 0 Å². The summed E-state index contributed by atoms with van der Waals surface area (Å²) in [5, 5.41) is 0. The van der Waals surface area contributed by atoms with Crippen LogP contribution in [0.25, 0.3) is 0 Å². The third-order valence-corrected chi connectivity index (χ3v) is 2.42. The van der Waals surface area contributed by atoms with E-state index in [-0.39, 0.29) is 24.4 Å². The summed E-state index contributed by atoms with van der Waals surface area (Å²) in [6.45, 7) is 14.7. The van der Waals surface area contributed by atoms with E-state index < -0.39 is 6.16 Å². The lowest BCUT2D eigenvalue weighted by atomic mass is 10.2. The van der Waals surface area contributed by atoms with Crippen LogP contribution in [-0.4, -0.2) is 70.2 Å². The second kappa shape index (κ2) is 12.5. The molecule has 0 saturated heterocycles. The van der Waals surface area contributed by atoms with Gasteiger partial charge in [0.2, 0.25) is 0 Å². The maximum Gasteiger partial charge on any atom is 0.508 e. The van der Waals surface area contributed by atoms with Gasteiger partial charge in [-0.1, -0.05) is 0 Å². The lowest BCUT2D eigenvalue weighted by Crippen LogP contribution is -2.23. The molecule has 0 heterocycles. The molecule has 0 radical (unpaired) electrons. The molecule has 0 N–H and O–H groups in total. The van der Waals surface area contributed by atoms with Gasteiger partial charge in [-0.15, -0.1) is 0 Å². The molecule has 0 bridgehead atoms. The number of hydrogen-bond donors (Lipinski definition) is 0. The van der Waals surface area contributed by atoms with Crippen molar-refractivity contribution in [3.05, 3.63) is 0 Å². The van der Waals surface area contributed by atoms with E-state index in [9.17, 15) is 4.79 Å². The fraction of sp³-hybridized carbons (Fsp3) is 0.941. The van der Waals surface area contributed by atoms with Crippen LogP contribution in [0.5, 0.6) is 0 Å². The highest BCUT2D eigenvalue weighted by Gasteiger charge is 2.10. The summed E-state index contributed by atoms with van der Waals surface area (Å²) in [5.74, 6) is 0. The lowest BCUT2D eigenvalue weighted by molar-refractivity contribution is -0.0465. The van der Waals surface area contributed by atoms with Crippen molar-refractivity contribution in [3.8, 4) is 0 Å². The number of rotatable bonds is 12. The van der Waals surface area contributed by atoms with Crippen LogP contribution in [-0.2, 0) is 28.4 Å². The first-order valence-electron chi connectivity index (χ1n) is 8.33. The minimum atomic E-state index is -0.723. The highest BCUT2D eigenvalue weighted by molar-refractivity contribution is 5.59. The molecule has 0 aromatic carbocycles. The Labute approximate surface area is 145 Å². The van der Waals surface area contributed by atoms with Gasteiger partial charge in [0.05, 0.1) is 50.8 Å². The average molecular weight is 350 g/mol. The zero-order chi connectivity index (χ0) is 18.5. The van der Waals surface area contributed by atoms with Gasteiger partial charge in [0.15, 0.2) is 0 Å². The van der Waals surface area contributed by atoms with Crippen molar-refractivity contribution in [2.75, 3.05) is 52.9 Å². The van der Waals surface area contributed by atoms with Crippen molar-refractivity contribution >= 4 is 6.16 Å². The van der Waals surface area contributed by atoms with E-state index in [0.29, 0.717) is 39.6 Å². The molecule has 0 aliphatic carbocycles. The summed E-state index contributed by atoms with van der Waals surface area (Å²) in [5.41, 5.74) is -0.352. The summed E-state index contributed by atoms with van der Waals surface area (Å²) in [6, 6.07) is 0. The zero-order valence-electron chi connectivity index (χ0n) is 16.0. The summed E-state index contributed by atoms with van der Waals surface area (Å²) < 4.78 is 31.2. The van der Waals surface area contributed by atoms with Gasteiger partial charge in [0.25, 0.3) is 0 Å². The summed E-state index contributed by atoms with van der Waals surface area (Å²) in [7, 11) is 0. The SMILES string of the molecule is CC(C)(C)OCCOCCOC(=O)OCCOCCOC(C)(C)C. The van der Waals surface area contributed by atoms with E-state index in [4.69, 9.17) is 28.4 Å². The largest absolute Gasteiger partial charge is 0.508 e. The topological polar surface area (TPSA) is 72.5 Å². The number of ether oxygens (including phenoxy) is 6. The second-order valence-electron chi connectivity index (χ2n) is 7.09. The van der Waals surface area contributed by atoms with E-state index in [1.165, 1.54) is 0 Å². The van der Waals surface area contributed by atoms with E-state index in [1.807, 2.05) is 41.5 Å². The van der Waals surface area contributed by atoms with E-state index >= 15 is 0 Å². The smallest absolute Gasteiger partial charge is 0.432 e. The number of carbonyl (C=O) groups excluding carboxylic acids is 1. The van der Waals surface area contributed by atoms with Crippen molar-refractivity contribution in [1.29, 1.82) is 0 Å². The molecule has 0 unspecified atom stereocenters. The second-order valence-corrected chi connectivity index (χ2v) is 7.09. The Morgan fingerprint density at radius 1 is 0.583 bits per heavy atom. The van der Waals surface area contributed by atoms with Crippen molar-refractivity contribution < 1.29 is 33.2 Å². The molecule has 0 aromatic rings. The van der Waals surface area contributed by atoms with Gasteiger partial charge in [0, 0.05) is 0 Å². The van der Waals surface area contributed by atoms with Crippen LogP contribution in [0.4, 0.5) is 4.79 Å². The van der Waals surface area contributed by atoms with Gasteiger partial charge >= 0.3 is 6.16 Å². The molecule has 24 heavy (non-hydrogen) atoms. The minimum Gasteiger partial charge on any atom is -0.432 e. The summed E-state index contributed by atoms with van der Waals surface area (Å²) >= 11 is 0. The van der Waals surface area contributed by atoms with Crippen LogP contribution in [0, 0.1) is 0 Å². The molecule has 0 amide bonds. The van der Waals surface area contributed by atoms with Gasteiger partial charge in [-0.3, -0.25) is 0 Å². The Morgan fingerprint density at radius 2 is 0.917 bits per heavy atom. The average Bonchev–Trinajstić information content (AvgIpc) is 2.43. The summed E-state index contributed by atoms with van der Waals surface area (Å²) in [4.78, 5) is 11.3. The Balaban J connectivity index is 3.30. The Hall–Kier alpha value is -0.890. The van der Waals surface area contributed by atoms with E-state index in [2.05, 4.69) is 0 Å². The Morgan fingerprint density at radius 3 is 1.25 bits per heavy atom. The monoisotopic (exact) mass is 350 g/mol. The molecule has 0 aromatic heterocycles. The fourth-order valence-electron chi connectivity index (χ4n) is 1.43. The van der Waals surface area contributed by atoms with Crippen LogP contribution in [0.1, 0.15) is 41.5 Å². The molecule has 7 nitrogen and oxygen atoms in total. The first kappa shape index (κ1) is 23.1. The van der Waals surface area contributed by atoms with Gasteiger partial charge in [-0.2, -0.15) is 0 Å². The van der Waals surface area contributed by atoms with Crippen LogP contribution in [0.3, 0.4) is 0 Å². The molecule has 0 rings (SSSR count). The zero-order valence-corrected chi connectivity index (χ0v) is 16.0. The van der Waals surface area contributed by atoms with Gasteiger partial charge < -0.3 is 28.4 Å². The predicted octanol–water partition coefficient (Wildman–Crippen LogP) is 2.80. The molecular weight excluding hydrogens is 316 g/mol. The van der Waals surface area contributed by atoms with Gasteiger partial charge in [-0.25, -0.2) is 4.79 Å². The normalized spacial score (nSPS) is 12.2. The molecule has 0 spiro atoms. The van der Waals surface area contributed by atoms with Crippen LogP contribution in [0.2, 0.25) is 0 Å². The van der Waals surface area contributed by atoms with E-state index in [0.717, 1.165) is 0 Å². The lowest BCUT2D eigenvalue weighted by Gasteiger charge is -2.19. The van der Waals surface area contributed by atoms with Crippen LogP contribution >= 0.6 is 0 Å². The van der Waals surface area contributed by atoms with Crippen molar-refractivity contribution in [2.45, 2.75) is 52.7 Å². The van der Waals surface area contributed by atoms with Gasteiger partial charge in [0.1, 0.15) is 13.2 Å². The minimum absolute atomic E-state index is 0.147. The highest BCUT2D eigenvalue weighted by atomic mass is 16.7. The highest BCUT2D eigenvalue weighted by Crippen LogP contribution is 2.06. The molecular formula is C17H34O7. The molecule has 0 fully saturated rings. The quantitative estimate of drug-likeness (QED) is 0.396. The van der Waals surface area contributed by atoms with Gasteiger partial charge in [-0.05, 0) is 41.5 Å². The van der Waals surface area contributed by atoms with Crippen molar-refractivity contribution in [1.82, 2.24) is 0 Å². The molecule has 0 atom stereocenters. The first-order valence-corrected chi connectivity index (χ1v) is 8.33. The first-order chi connectivity index (χ1) is 11.1. The maximum atomic E-state index is 11.3. The van der Waals surface area contributed by atoms with Crippen molar-refractivity contribution in [2.24, 2.45) is 0 Å². The Kier molecular flexibility index (Phi) is 12.0. The molecule has 0 aliphatic rings. The standard InChI is InChI=1S/C17H34O7/c1-16(2,3)23-13-9-19-7-11-21-15(18)22-12-8-20-10-14-24-17(4,5)6/h7-14H2,1-6H3. The molecule has 144 valence electrons. The maximum absolute atomic E-state index is 11.3. The summed E-state index contributed by atoms with van der Waals surface area (Å²) in [6.07, 6.45) is -0.723. The molecule has 7 heteroatoms. The van der Waals surface area contributed by atoms with E-state index in [1.54, 1.807) is 0 Å². The predicted molar refractivity (Wildman–Crippen MR) is 90.3 cm³/mol. The molecule has 0 saturated carbocycles. The van der Waals surface area contributed by atoms with Crippen molar-refractivity contribution in [3.63, 3.8) is 0 Å². The Bertz CT molecular complexity index is 288. The third kappa shape index (κ3) is 19.2. The number of carbonyl (C=O) groups is 1. The van der Waals surface area contributed by atoms with Crippen LogP contribution < -0.4 is 0 Å². The fourth-order valence-corrected chi connectivity index (χ4v) is 1.43. The third-order valence-electron chi connectivity index (χ3n) is 2.42. The number of hydrogen-bond acceptors (Lipinski definition) is 7.